The number of rotatable bonds is 5. The van der Waals surface area contributed by atoms with Crippen LogP contribution in [0.15, 0.2) is 30.3 Å². The minimum absolute atomic E-state index is 0.305. The molecular weight excluding hydrogens is 265 g/mol. The Bertz CT molecular complexity index is 595. The number of benzene rings is 1. The van der Waals surface area contributed by atoms with Gasteiger partial charge in [-0.3, -0.25) is 0 Å². The topological polar surface area (TPSA) is 49.3 Å². The van der Waals surface area contributed by atoms with Crippen molar-refractivity contribution in [3.05, 3.63) is 51.5 Å². The van der Waals surface area contributed by atoms with Crippen LogP contribution in [0.5, 0.6) is 0 Å². The average Bonchev–Trinajstić information content (AvgIpc) is 2.83. The number of carbonyl (C=O) groups is 1. The van der Waals surface area contributed by atoms with E-state index < -0.39 is 11.8 Å². The summed E-state index contributed by atoms with van der Waals surface area (Å²) in [6.07, 6.45) is 0.977. The Morgan fingerprint density at radius 1 is 1.32 bits per heavy atom. The van der Waals surface area contributed by atoms with E-state index in [2.05, 4.69) is 12.2 Å². The van der Waals surface area contributed by atoms with E-state index in [9.17, 15) is 9.18 Å². The van der Waals surface area contributed by atoms with Crippen molar-refractivity contribution in [3.63, 3.8) is 0 Å². The first-order valence-corrected chi connectivity index (χ1v) is 6.76. The van der Waals surface area contributed by atoms with Gasteiger partial charge in [0.1, 0.15) is 11.4 Å². The number of carboxylic acids is 1. The summed E-state index contributed by atoms with van der Waals surface area (Å²) in [5, 5.41) is 12.0. The molecule has 0 fully saturated rings. The predicted molar refractivity (Wildman–Crippen MR) is 74.4 cm³/mol. The number of aryl methyl sites for hydroxylation is 1. The monoisotopic (exact) mass is 279 g/mol. The first-order valence-electron chi connectivity index (χ1n) is 5.95. The van der Waals surface area contributed by atoms with Crippen LogP contribution >= 0.6 is 11.3 Å². The number of hydrogen-bond acceptors (Lipinski definition) is 3. The third kappa shape index (κ3) is 3.12. The Morgan fingerprint density at radius 3 is 2.68 bits per heavy atom. The lowest BCUT2D eigenvalue weighted by atomic mass is 10.1. The van der Waals surface area contributed by atoms with Gasteiger partial charge in [-0.1, -0.05) is 13.0 Å². The Morgan fingerprint density at radius 2 is 2.05 bits per heavy atom. The molecule has 1 aromatic carbocycles. The smallest absolute Gasteiger partial charge is 0.340 e. The van der Waals surface area contributed by atoms with Crippen LogP contribution in [0.4, 0.5) is 10.1 Å². The van der Waals surface area contributed by atoms with Gasteiger partial charge in [0.25, 0.3) is 0 Å². The molecule has 0 spiro atoms. The average molecular weight is 279 g/mol. The van der Waals surface area contributed by atoms with E-state index in [4.69, 9.17) is 5.11 Å². The van der Waals surface area contributed by atoms with Gasteiger partial charge in [-0.05, 0) is 30.7 Å². The Balaban J connectivity index is 2.15. The van der Waals surface area contributed by atoms with Gasteiger partial charge in [-0.15, -0.1) is 11.3 Å². The minimum atomic E-state index is -1.26. The van der Waals surface area contributed by atoms with E-state index in [0.29, 0.717) is 12.2 Å². The van der Waals surface area contributed by atoms with Crippen LogP contribution in [0, 0.1) is 5.82 Å². The zero-order chi connectivity index (χ0) is 13.8. The summed E-state index contributed by atoms with van der Waals surface area (Å²) < 4.78 is 13.5. The highest BCUT2D eigenvalue weighted by atomic mass is 32.1. The maximum absolute atomic E-state index is 13.5. The van der Waals surface area contributed by atoms with Crippen molar-refractivity contribution in [2.24, 2.45) is 0 Å². The molecule has 0 aliphatic heterocycles. The largest absolute Gasteiger partial charge is 0.478 e. The SMILES string of the molecule is CCc1ccc(CNc2cccc(F)c2C(=O)O)s1. The Labute approximate surface area is 114 Å². The lowest BCUT2D eigenvalue weighted by molar-refractivity contribution is 0.0693. The molecule has 100 valence electrons. The highest BCUT2D eigenvalue weighted by Crippen LogP contribution is 2.22. The van der Waals surface area contributed by atoms with Crippen LogP contribution < -0.4 is 5.32 Å². The molecule has 0 amide bonds. The zero-order valence-electron chi connectivity index (χ0n) is 10.4. The summed E-state index contributed by atoms with van der Waals surface area (Å²) >= 11 is 1.67. The molecule has 2 rings (SSSR count). The van der Waals surface area contributed by atoms with Crippen LogP contribution in [0.25, 0.3) is 0 Å². The number of thiophene rings is 1. The number of carboxylic acid groups (broad SMARTS) is 1. The molecule has 0 atom stereocenters. The van der Waals surface area contributed by atoms with Gasteiger partial charge < -0.3 is 10.4 Å². The van der Waals surface area contributed by atoms with Gasteiger partial charge in [0.2, 0.25) is 0 Å². The fourth-order valence-corrected chi connectivity index (χ4v) is 2.68. The second-order valence-corrected chi connectivity index (χ2v) is 5.30. The molecule has 0 aliphatic rings. The van der Waals surface area contributed by atoms with Crippen LogP contribution in [0.2, 0.25) is 0 Å². The minimum Gasteiger partial charge on any atom is -0.478 e. The molecule has 0 bridgehead atoms. The number of hydrogen-bond donors (Lipinski definition) is 2. The van der Waals surface area contributed by atoms with Crippen molar-refractivity contribution in [3.8, 4) is 0 Å². The van der Waals surface area contributed by atoms with E-state index in [1.54, 1.807) is 17.4 Å². The van der Waals surface area contributed by atoms with Crippen LogP contribution in [0.3, 0.4) is 0 Å². The number of nitrogens with one attached hydrogen (secondary N) is 1. The Hall–Kier alpha value is -1.88. The number of halogens is 1. The maximum atomic E-state index is 13.5. The van der Waals surface area contributed by atoms with Gasteiger partial charge in [0, 0.05) is 16.3 Å². The van der Waals surface area contributed by atoms with Crippen LogP contribution in [-0.4, -0.2) is 11.1 Å². The van der Waals surface area contributed by atoms with Crippen molar-refractivity contribution in [1.82, 2.24) is 0 Å². The lowest BCUT2D eigenvalue weighted by Crippen LogP contribution is -2.08. The molecule has 5 heteroatoms. The standard InChI is InChI=1S/C14H14FNO2S/c1-2-9-6-7-10(19-9)8-16-12-5-3-4-11(15)13(12)14(17)18/h3-7,16H,2,8H2,1H3,(H,17,18). The molecule has 1 heterocycles. The Kier molecular flexibility index (Phi) is 4.16. The van der Waals surface area contributed by atoms with Crippen molar-refractivity contribution in [2.45, 2.75) is 19.9 Å². The first-order chi connectivity index (χ1) is 9.11. The molecule has 0 radical (unpaired) electrons. The maximum Gasteiger partial charge on any atom is 0.340 e. The molecular formula is C14H14FNO2S. The fourth-order valence-electron chi connectivity index (χ4n) is 1.78. The lowest BCUT2D eigenvalue weighted by Gasteiger charge is -2.09. The molecule has 19 heavy (non-hydrogen) atoms. The number of aromatic carboxylic acids is 1. The van der Waals surface area contributed by atoms with Crippen molar-refractivity contribution < 1.29 is 14.3 Å². The van der Waals surface area contributed by atoms with Gasteiger partial charge in [-0.2, -0.15) is 0 Å². The van der Waals surface area contributed by atoms with Crippen LogP contribution in [-0.2, 0) is 13.0 Å². The molecule has 0 saturated heterocycles. The highest BCUT2D eigenvalue weighted by Gasteiger charge is 2.15. The molecule has 2 N–H and O–H groups in total. The van der Waals surface area contributed by atoms with E-state index in [0.717, 1.165) is 17.4 Å². The molecule has 1 aromatic heterocycles. The number of anilines is 1. The van der Waals surface area contributed by atoms with Crippen molar-refractivity contribution in [1.29, 1.82) is 0 Å². The molecule has 0 unspecified atom stereocenters. The van der Waals surface area contributed by atoms with Crippen molar-refractivity contribution >= 4 is 23.0 Å². The second-order valence-electron chi connectivity index (χ2n) is 4.04. The fraction of sp³-hybridized carbons (Fsp3) is 0.214. The molecule has 0 aliphatic carbocycles. The predicted octanol–water partition coefficient (Wildman–Crippen LogP) is 3.76. The summed E-state index contributed by atoms with van der Waals surface area (Å²) in [6, 6.07) is 8.26. The third-order valence-corrected chi connectivity index (χ3v) is 3.98. The van der Waals surface area contributed by atoms with Gasteiger partial charge in [0.05, 0.1) is 5.69 Å². The van der Waals surface area contributed by atoms with Gasteiger partial charge in [-0.25, -0.2) is 9.18 Å². The molecule has 2 aromatic rings. The zero-order valence-corrected chi connectivity index (χ0v) is 11.3. The summed E-state index contributed by atoms with van der Waals surface area (Å²) in [5.74, 6) is -1.99. The van der Waals surface area contributed by atoms with E-state index >= 15 is 0 Å². The highest BCUT2D eigenvalue weighted by molar-refractivity contribution is 7.12. The second kappa shape index (κ2) is 5.84. The summed E-state index contributed by atoms with van der Waals surface area (Å²) in [4.78, 5) is 13.4. The molecule has 3 nitrogen and oxygen atoms in total. The summed E-state index contributed by atoms with van der Waals surface area (Å²) in [6.45, 7) is 2.58. The summed E-state index contributed by atoms with van der Waals surface area (Å²) in [7, 11) is 0. The van der Waals surface area contributed by atoms with Gasteiger partial charge in [0.15, 0.2) is 0 Å². The van der Waals surface area contributed by atoms with Crippen LogP contribution in [0.1, 0.15) is 27.0 Å². The van der Waals surface area contributed by atoms with E-state index in [1.807, 2.05) is 12.1 Å². The summed E-state index contributed by atoms with van der Waals surface area (Å²) in [5.41, 5.74) is -0.00582. The first kappa shape index (κ1) is 13.5. The normalized spacial score (nSPS) is 10.4. The van der Waals surface area contributed by atoms with E-state index in [-0.39, 0.29) is 5.56 Å². The third-order valence-electron chi connectivity index (χ3n) is 2.75. The van der Waals surface area contributed by atoms with Gasteiger partial charge >= 0.3 is 5.97 Å². The van der Waals surface area contributed by atoms with Crippen molar-refractivity contribution in [2.75, 3.05) is 5.32 Å². The van der Waals surface area contributed by atoms with E-state index in [1.165, 1.54) is 10.9 Å². The quantitative estimate of drug-likeness (QED) is 0.876. The molecule has 0 saturated carbocycles.